The summed E-state index contributed by atoms with van der Waals surface area (Å²) in [5, 5.41) is 0. The number of carbonyl (C=O) groups excluding carboxylic acids is 1. The van der Waals surface area contributed by atoms with Gasteiger partial charge in [-0.1, -0.05) is 6.92 Å². The number of amides is 1. The van der Waals surface area contributed by atoms with Gasteiger partial charge in [0.05, 0.1) is 6.20 Å². The van der Waals surface area contributed by atoms with Crippen LogP contribution in [-0.2, 0) is 0 Å². The molecule has 1 radical (unpaired) electrons. The standard InChI is InChI=1S/C20H27N6O/c1-5-9-12-22-18-17(15-23-20(24-18)25(6-2)7-3)26(8-4)19(27)16-10-13-21-14-11-16/h10-15H,1,5-9H2,2-4H3. The molecule has 27 heavy (non-hydrogen) atoms. The van der Waals surface area contributed by atoms with Crippen LogP contribution in [0.15, 0.2) is 35.7 Å². The lowest BCUT2D eigenvalue weighted by Crippen LogP contribution is -2.31. The molecule has 0 aliphatic carbocycles. The Bertz CT molecular complexity index is 758. The highest BCUT2D eigenvalue weighted by Crippen LogP contribution is 2.29. The first-order valence-corrected chi connectivity index (χ1v) is 9.31. The van der Waals surface area contributed by atoms with Crippen LogP contribution in [0, 0.1) is 6.92 Å². The topological polar surface area (TPSA) is 74.6 Å². The van der Waals surface area contributed by atoms with Crippen molar-refractivity contribution in [3.05, 3.63) is 43.2 Å². The summed E-state index contributed by atoms with van der Waals surface area (Å²) in [6.45, 7) is 11.9. The Morgan fingerprint density at radius 2 is 1.89 bits per heavy atom. The van der Waals surface area contributed by atoms with Crippen molar-refractivity contribution in [1.82, 2.24) is 15.0 Å². The molecule has 0 spiro atoms. The third-order valence-electron chi connectivity index (χ3n) is 4.11. The predicted molar refractivity (Wildman–Crippen MR) is 110 cm³/mol. The zero-order valence-electron chi connectivity index (χ0n) is 16.3. The Labute approximate surface area is 161 Å². The average molecular weight is 367 g/mol. The normalized spacial score (nSPS) is 11.0. The number of pyridine rings is 1. The second kappa shape index (κ2) is 10.4. The first-order valence-electron chi connectivity index (χ1n) is 9.31. The maximum absolute atomic E-state index is 13.0. The fraction of sp³-hybridized carbons (Fsp3) is 0.400. The molecule has 0 aliphatic heterocycles. The maximum Gasteiger partial charge on any atom is 0.258 e. The van der Waals surface area contributed by atoms with E-state index in [0.29, 0.717) is 29.6 Å². The van der Waals surface area contributed by atoms with Gasteiger partial charge in [-0.3, -0.25) is 9.78 Å². The molecular weight excluding hydrogens is 340 g/mol. The molecule has 0 saturated heterocycles. The van der Waals surface area contributed by atoms with Gasteiger partial charge in [0, 0.05) is 43.8 Å². The van der Waals surface area contributed by atoms with Gasteiger partial charge < -0.3 is 9.80 Å². The highest BCUT2D eigenvalue weighted by atomic mass is 16.2. The molecule has 2 heterocycles. The quantitative estimate of drug-likeness (QED) is 0.632. The van der Waals surface area contributed by atoms with E-state index in [1.54, 1.807) is 41.8 Å². The first kappa shape index (κ1) is 20.5. The van der Waals surface area contributed by atoms with Crippen molar-refractivity contribution in [2.75, 3.05) is 29.4 Å². The highest BCUT2D eigenvalue weighted by molar-refractivity contribution is 6.07. The molecule has 7 nitrogen and oxygen atoms in total. The molecule has 0 saturated carbocycles. The van der Waals surface area contributed by atoms with Crippen molar-refractivity contribution in [3.63, 3.8) is 0 Å². The second-order valence-electron chi connectivity index (χ2n) is 5.79. The SMILES string of the molecule is [CH2]CCC=Nc1nc(N(CC)CC)ncc1N(CC)C(=O)c1ccncc1. The molecular formula is C20H27N6O. The molecule has 0 unspecified atom stereocenters. The molecule has 2 aromatic heterocycles. The van der Waals surface area contributed by atoms with Gasteiger partial charge in [-0.15, -0.1) is 0 Å². The minimum Gasteiger partial charge on any atom is -0.341 e. The first-order chi connectivity index (χ1) is 13.2. The molecule has 1 amide bonds. The van der Waals surface area contributed by atoms with Gasteiger partial charge in [-0.25, -0.2) is 9.98 Å². The summed E-state index contributed by atoms with van der Waals surface area (Å²) in [4.78, 5) is 34.2. The number of aliphatic imine (C=N–C) groups is 1. The summed E-state index contributed by atoms with van der Waals surface area (Å²) in [6, 6.07) is 3.39. The van der Waals surface area contributed by atoms with Crippen LogP contribution >= 0.6 is 0 Å². The molecule has 0 aromatic carbocycles. The number of carbonyl (C=O) groups is 1. The van der Waals surface area contributed by atoms with Crippen LogP contribution in [0.1, 0.15) is 44.0 Å². The minimum absolute atomic E-state index is 0.132. The monoisotopic (exact) mass is 367 g/mol. The summed E-state index contributed by atoms with van der Waals surface area (Å²) >= 11 is 0. The van der Waals surface area contributed by atoms with E-state index in [4.69, 9.17) is 0 Å². The zero-order chi connectivity index (χ0) is 19.6. The third kappa shape index (κ3) is 5.09. The Morgan fingerprint density at radius 1 is 1.19 bits per heavy atom. The van der Waals surface area contributed by atoms with E-state index in [0.717, 1.165) is 25.9 Å². The maximum atomic E-state index is 13.0. The number of hydrogen-bond donors (Lipinski definition) is 0. The molecule has 0 atom stereocenters. The lowest BCUT2D eigenvalue weighted by atomic mass is 10.2. The average Bonchev–Trinajstić information content (AvgIpc) is 2.71. The van der Waals surface area contributed by atoms with E-state index >= 15 is 0 Å². The number of hydrogen-bond acceptors (Lipinski definition) is 6. The summed E-state index contributed by atoms with van der Waals surface area (Å²) in [6.07, 6.45) is 8.17. The molecule has 0 bridgehead atoms. The van der Waals surface area contributed by atoms with Crippen LogP contribution in [0.25, 0.3) is 0 Å². The van der Waals surface area contributed by atoms with Crippen LogP contribution < -0.4 is 9.80 Å². The van der Waals surface area contributed by atoms with Gasteiger partial charge in [0.1, 0.15) is 5.69 Å². The van der Waals surface area contributed by atoms with Gasteiger partial charge in [0.25, 0.3) is 5.91 Å². The van der Waals surface area contributed by atoms with Gasteiger partial charge in [0.2, 0.25) is 5.95 Å². The fourth-order valence-electron chi connectivity index (χ4n) is 2.62. The largest absolute Gasteiger partial charge is 0.341 e. The smallest absolute Gasteiger partial charge is 0.258 e. The Balaban J connectivity index is 2.46. The Morgan fingerprint density at radius 3 is 2.48 bits per heavy atom. The molecule has 0 N–H and O–H groups in total. The van der Waals surface area contributed by atoms with Gasteiger partial charge in [0.15, 0.2) is 5.82 Å². The Hall–Kier alpha value is -2.83. The van der Waals surface area contributed by atoms with Crippen LogP contribution in [0.4, 0.5) is 17.5 Å². The number of aromatic nitrogens is 3. The summed E-state index contributed by atoms with van der Waals surface area (Å²) < 4.78 is 0. The minimum atomic E-state index is -0.132. The van der Waals surface area contributed by atoms with E-state index in [1.807, 2.05) is 11.8 Å². The molecule has 2 aromatic rings. The third-order valence-corrected chi connectivity index (χ3v) is 4.11. The predicted octanol–water partition coefficient (Wildman–Crippen LogP) is 3.70. The van der Waals surface area contributed by atoms with Crippen molar-refractivity contribution in [3.8, 4) is 0 Å². The van der Waals surface area contributed by atoms with E-state index < -0.39 is 0 Å². The molecule has 143 valence electrons. The van der Waals surface area contributed by atoms with Gasteiger partial charge in [-0.05, 0) is 45.7 Å². The van der Waals surface area contributed by atoms with Crippen LogP contribution in [0.3, 0.4) is 0 Å². The molecule has 0 aliphatic rings. The number of nitrogens with zero attached hydrogens (tertiary/aromatic N) is 6. The summed E-state index contributed by atoms with van der Waals surface area (Å²) in [7, 11) is 0. The van der Waals surface area contributed by atoms with Crippen molar-refractivity contribution >= 4 is 29.6 Å². The van der Waals surface area contributed by atoms with E-state index in [2.05, 4.69) is 40.7 Å². The summed E-state index contributed by atoms with van der Waals surface area (Å²) in [5.74, 6) is 0.968. The second-order valence-corrected chi connectivity index (χ2v) is 5.79. The van der Waals surface area contributed by atoms with Crippen LogP contribution in [0.5, 0.6) is 0 Å². The Kier molecular flexibility index (Phi) is 7.85. The number of rotatable bonds is 9. The molecule has 2 rings (SSSR count). The fourth-order valence-corrected chi connectivity index (χ4v) is 2.62. The van der Waals surface area contributed by atoms with Crippen molar-refractivity contribution < 1.29 is 4.79 Å². The molecule has 7 heteroatoms. The van der Waals surface area contributed by atoms with Crippen LogP contribution in [0.2, 0.25) is 0 Å². The van der Waals surface area contributed by atoms with Crippen molar-refractivity contribution in [2.45, 2.75) is 33.6 Å². The van der Waals surface area contributed by atoms with E-state index in [-0.39, 0.29) is 5.91 Å². The summed E-state index contributed by atoms with van der Waals surface area (Å²) in [5.41, 5.74) is 1.16. The number of unbranched alkanes of at least 4 members (excludes halogenated alkanes) is 1. The van der Waals surface area contributed by atoms with Gasteiger partial charge >= 0.3 is 0 Å². The lowest BCUT2D eigenvalue weighted by molar-refractivity contribution is 0.0988. The highest BCUT2D eigenvalue weighted by Gasteiger charge is 2.21. The van der Waals surface area contributed by atoms with Gasteiger partial charge in [-0.2, -0.15) is 4.98 Å². The lowest BCUT2D eigenvalue weighted by Gasteiger charge is -2.24. The molecule has 0 fully saturated rings. The van der Waals surface area contributed by atoms with Crippen molar-refractivity contribution in [2.24, 2.45) is 4.99 Å². The zero-order valence-corrected chi connectivity index (χ0v) is 16.3. The van der Waals surface area contributed by atoms with E-state index in [9.17, 15) is 4.79 Å². The van der Waals surface area contributed by atoms with E-state index in [1.165, 1.54) is 0 Å². The number of anilines is 2. The van der Waals surface area contributed by atoms with Crippen molar-refractivity contribution in [1.29, 1.82) is 0 Å². The van der Waals surface area contributed by atoms with Crippen LogP contribution in [-0.4, -0.2) is 46.7 Å².